The van der Waals surface area contributed by atoms with Crippen LogP contribution in [0, 0.1) is 5.41 Å². The normalized spacial score (nSPS) is 30.0. The van der Waals surface area contributed by atoms with Gasteiger partial charge in [0.25, 0.3) is 0 Å². The fraction of sp³-hybridized carbons (Fsp3) is 1.00. The highest BCUT2D eigenvalue weighted by molar-refractivity contribution is 4.85. The molecule has 2 rings (SSSR count). The molecule has 2 fully saturated rings. The molecule has 0 unspecified atom stereocenters. The summed E-state index contributed by atoms with van der Waals surface area (Å²) in [6.45, 7) is 0. The lowest BCUT2D eigenvalue weighted by atomic mass is 9.75. The molecule has 0 nitrogen and oxygen atoms in total. The molecule has 0 radical (unpaired) electrons. The molecule has 0 aliphatic heterocycles. The minimum atomic E-state index is 0.848. The first-order valence-electron chi connectivity index (χ1n) is 5.91. The smallest absolute Gasteiger partial charge is 0.0297 e. The molecule has 1 spiro atoms. The van der Waals surface area contributed by atoms with Gasteiger partial charge in [-0.3, -0.25) is 0 Å². The molecule has 0 heteroatoms. The summed E-state index contributed by atoms with van der Waals surface area (Å²) in [5.74, 6) is 0. The van der Waals surface area contributed by atoms with Gasteiger partial charge in [-0.05, 0) is 31.1 Å². The Labute approximate surface area is 76.7 Å². The van der Waals surface area contributed by atoms with Crippen molar-refractivity contribution in [2.45, 2.75) is 70.6 Å². The van der Waals surface area contributed by atoms with Gasteiger partial charge in [0.1, 0.15) is 0 Å². The van der Waals surface area contributed by atoms with Crippen LogP contribution in [0.15, 0.2) is 0 Å². The topological polar surface area (TPSA) is 0 Å². The second-order valence-electron chi connectivity index (χ2n) is 4.97. The third-order valence-corrected chi connectivity index (χ3v) is 4.08. The van der Waals surface area contributed by atoms with Crippen LogP contribution in [0.3, 0.4) is 0 Å². The lowest BCUT2D eigenvalue weighted by Gasteiger charge is -2.30. The summed E-state index contributed by atoms with van der Waals surface area (Å²) in [6.07, 6.45) is 16.9. The number of rotatable bonds is 0. The van der Waals surface area contributed by atoms with E-state index in [4.69, 9.17) is 0 Å². The van der Waals surface area contributed by atoms with Crippen LogP contribution < -0.4 is 0 Å². The van der Waals surface area contributed by atoms with E-state index >= 15 is 0 Å². The summed E-state index contributed by atoms with van der Waals surface area (Å²) < 4.78 is 0. The van der Waals surface area contributed by atoms with Gasteiger partial charge >= 0.3 is 0 Å². The van der Waals surface area contributed by atoms with Crippen molar-refractivity contribution in [2.24, 2.45) is 5.41 Å². The standard InChI is InChI=1S/C12H22/c1-2-4-8-12(9-5-3-1)10-6-7-11-12/h1-11H2. The Balaban J connectivity index is 1.92. The molecule has 0 bridgehead atoms. The van der Waals surface area contributed by atoms with Crippen LogP contribution in [0.2, 0.25) is 0 Å². The average Bonchev–Trinajstić information content (AvgIpc) is 2.47. The van der Waals surface area contributed by atoms with E-state index in [0.717, 1.165) is 5.41 Å². The first-order chi connectivity index (χ1) is 5.91. The van der Waals surface area contributed by atoms with Gasteiger partial charge in [-0.15, -0.1) is 0 Å². The van der Waals surface area contributed by atoms with Crippen molar-refractivity contribution in [1.82, 2.24) is 0 Å². The first kappa shape index (κ1) is 8.59. The Hall–Kier alpha value is 0. The highest BCUT2D eigenvalue weighted by Crippen LogP contribution is 2.47. The minimum absolute atomic E-state index is 0.848. The molecule has 0 amide bonds. The largest absolute Gasteiger partial charge is 0.0533 e. The van der Waals surface area contributed by atoms with E-state index in [0.29, 0.717) is 0 Å². The fourth-order valence-corrected chi connectivity index (χ4v) is 3.28. The molecule has 2 saturated carbocycles. The Morgan fingerprint density at radius 1 is 0.417 bits per heavy atom. The summed E-state index contributed by atoms with van der Waals surface area (Å²) in [5.41, 5.74) is 0.848. The third kappa shape index (κ3) is 1.84. The molecule has 0 heterocycles. The molecule has 2 aliphatic carbocycles. The van der Waals surface area contributed by atoms with Crippen molar-refractivity contribution in [3.8, 4) is 0 Å². The zero-order chi connectivity index (χ0) is 8.28. The molecule has 2 aliphatic rings. The maximum Gasteiger partial charge on any atom is -0.0297 e. The lowest BCUT2D eigenvalue weighted by Crippen LogP contribution is -2.17. The average molecular weight is 166 g/mol. The predicted octanol–water partition coefficient (Wildman–Crippen LogP) is 4.29. The SMILES string of the molecule is C1CCCC2(CCC1)CCCC2. The summed E-state index contributed by atoms with van der Waals surface area (Å²) >= 11 is 0. The zero-order valence-corrected chi connectivity index (χ0v) is 8.28. The molecule has 0 atom stereocenters. The first-order valence-corrected chi connectivity index (χ1v) is 5.91. The van der Waals surface area contributed by atoms with Gasteiger partial charge in [-0.1, -0.05) is 44.9 Å². The minimum Gasteiger partial charge on any atom is -0.0533 e. The van der Waals surface area contributed by atoms with Crippen LogP contribution in [0.25, 0.3) is 0 Å². The van der Waals surface area contributed by atoms with Crippen molar-refractivity contribution in [3.05, 3.63) is 0 Å². The van der Waals surface area contributed by atoms with Crippen LogP contribution in [0.1, 0.15) is 70.6 Å². The highest BCUT2D eigenvalue weighted by Gasteiger charge is 2.32. The van der Waals surface area contributed by atoms with Crippen LogP contribution in [-0.2, 0) is 0 Å². The van der Waals surface area contributed by atoms with Gasteiger partial charge in [-0.25, -0.2) is 0 Å². The lowest BCUT2D eigenvalue weighted by molar-refractivity contribution is 0.217. The summed E-state index contributed by atoms with van der Waals surface area (Å²) in [4.78, 5) is 0. The predicted molar refractivity (Wildman–Crippen MR) is 53.2 cm³/mol. The molecular weight excluding hydrogens is 144 g/mol. The molecule has 0 N–H and O–H groups in total. The summed E-state index contributed by atoms with van der Waals surface area (Å²) in [7, 11) is 0. The molecular formula is C12H22. The van der Waals surface area contributed by atoms with E-state index in [2.05, 4.69) is 0 Å². The highest BCUT2D eigenvalue weighted by atomic mass is 14.4. The summed E-state index contributed by atoms with van der Waals surface area (Å²) in [6, 6.07) is 0. The van der Waals surface area contributed by atoms with Crippen molar-refractivity contribution in [1.29, 1.82) is 0 Å². The number of hydrogen-bond acceptors (Lipinski definition) is 0. The molecule has 0 aromatic rings. The zero-order valence-electron chi connectivity index (χ0n) is 8.28. The Kier molecular flexibility index (Phi) is 2.73. The van der Waals surface area contributed by atoms with E-state index in [1.807, 2.05) is 0 Å². The van der Waals surface area contributed by atoms with Crippen molar-refractivity contribution in [2.75, 3.05) is 0 Å². The maximum atomic E-state index is 1.56. The third-order valence-electron chi connectivity index (χ3n) is 4.08. The van der Waals surface area contributed by atoms with E-state index < -0.39 is 0 Å². The van der Waals surface area contributed by atoms with Crippen molar-refractivity contribution < 1.29 is 0 Å². The van der Waals surface area contributed by atoms with Gasteiger partial charge in [0.05, 0.1) is 0 Å². The van der Waals surface area contributed by atoms with Crippen molar-refractivity contribution >= 4 is 0 Å². The van der Waals surface area contributed by atoms with Crippen molar-refractivity contribution in [3.63, 3.8) is 0 Å². The van der Waals surface area contributed by atoms with Gasteiger partial charge < -0.3 is 0 Å². The van der Waals surface area contributed by atoms with Crippen LogP contribution in [0.4, 0.5) is 0 Å². The van der Waals surface area contributed by atoms with E-state index in [-0.39, 0.29) is 0 Å². The quantitative estimate of drug-likeness (QED) is 0.503. The van der Waals surface area contributed by atoms with Crippen LogP contribution in [0.5, 0.6) is 0 Å². The molecule has 0 aromatic carbocycles. The van der Waals surface area contributed by atoms with E-state index in [1.54, 1.807) is 25.7 Å². The monoisotopic (exact) mass is 166 g/mol. The van der Waals surface area contributed by atoms with E-state index in [9.17, 15) is 0 Å². The molecule has 12 heavy (non-hydrogen) atoms. The second kappa shape index (κ2) is 3.81. The van der Waals surface area contributed by atoms with Crippen LogP contribution in [-0.4, -0.2) is 0 Å². The van der Waals surface area contributed by atoms with Gasteiger partial charge in [-0.2, -0.15) is 0 Å². The van der Waals surface area contributed by atoms with E-state index in [1.165, 1.54) is 44.9 Å². The number of hydrogen-bond donors (Lipinski definition) is 0. The Bertz CT molecular complexity index is 121. The maximum absolute atomic E-state index is 1.56. The fourth-order valence-electron chi connectivity index (χ4n) is 3.28. The molecule has 0 aromatic heterocycles. The Morgan fingerprint density at radius 2 is 0.750 bits per heavy atom. The summed E-state index contributed by atoms with van der Waals surface area (Å²) in [5, 5.41) is 0. The van der Waals surface area contributed by atoms with Crippen LogP contribution >= 0.6 is 0 Å². The Morgan fingerprint density at radius 3 is 1.25 bits per heavy atom. The molecule has 0 saturated heterocycles. The molecule has 70 valence electrons. The van der Waals surface area contributed by atoms with Gasteiger partial charge in [0, 0.05) is 0 Å². The van der Waals surface area contributed by atoms with Gasteiger partial charge in [0.15, 0.2) is 0 Å². The van der Waals surface area contributed by atoms with Gasteiger partial charge in [0.2, 0.25) is 0 Å². The second-order valence-corrected chi connectivity index (χ2v) is 4.97.